The Labute approximate surface area is 251 Å². The minimum atomic E-state index is -4.64. The third kappa shape index (κ3) is 6.88. The summed E-state index contributed by atoms with van der Waals surface area (Å²) in [5, 5.41) is 5.38. The monoisotopic (exact) mass is 609 g/mol. The molecule has 2 N–H and O–H groups in total. The van der Waals surface area contributed by atoms with Crippen molar-refractivity contribution >= 4 is 23.2 Å². The van der Waals surface area contributed by atoms with Gasteiger partial charge in [-0.3, -0.25) is 4.79 Å². The molecule has 5 rings (SSSR count). The van der Waals surface area contributed by atoms with Crippen molar-refractivity contribution in [1.29, 1.82) is 0 Å². The lowest BCUT2D eigenvalue weighted by molar-refractivity contribution is -0.137. The van der Waals surface area contributed by atoms with Crippen molar-refractivity contribution in [3.05, 3.63) is 83.9 Å². The third-order valence-electron chi connectivity index (χ3n) is 7.51. The zero-order chi connectivity index (χ0) is 31.4. The van der Waals surface area contributed by atoms with Crippen molar-refractivity contribution < 1.29 is 27.1 Å². The van der Waals surface area contributed by atoms with Gasteiger partial charge >= 0.3 is 6.18 Å². The fraction of sp³-hybridized carbons (Fsp3) is 0.290. The summed E-state index contributed by atoms with van der Waals surface area (Å²) in [4.78, 5) is 30.2. The minimum absolute atomic E-state index is 0.0543. The van der Waals surface area contributed by atoms with Gasteiger partial charge in [0, 0.05) is 32.5 Å². The van der Waals surface area contributed by atoms with E-state index in [4.69, 9.17) is 4.74 Å². The van der Waals surface area contributed by atoms with E-state index in [1.165, 1.54) is 24.4 Å². The van der Waals surface area contributed by atoms with Crippen LogP contribution in [0.4, 0.5) is 34.9 Å². The molecule has 0 radical (unpaired) electrons. The predicted octanol–water partition coefficient (Wildman–Crippen LogP) is 6.31. The largest absolute Gasteiger partial charge is 0.438 e. The van der Waals surface area contributed by atoms with E-state index in [9.17, 15) is 22.4 Å². The number of nitrogens with zero attached hydrogens (tertiary/aromatic N) is 5. The number of likely N-dealkylation sites (tertiary alicyclic amines) is 1. The standard InChI is InChI=1S/C31H31F4N7O2/c1-36-30-38-14-10-25(40-30)22-5-4-13-37-29(22)44-21-7-8-24(32)23(18-21)28(43)39-26-17-19(31(33,34)35)6-9-27(26)42(3)20-11-15-41(2)16-12-20/h4-10,13-14,17-18,20H,11-12,15-16H2,1-3H3,(H,39,43)(H,36,38,40). The van der Waals surface area contributed by atoms with E-state index in [1.807, 2.05) is 11.9 Å². The number of benzene rings is 2. The Morgan fingerprint density at radius 3 is 2.55 bits per heavy atom. The van der Waals surface area contributed by atoms with Crippen molar-refractivity contribution in [3.8, 4) is 22.9 Å². The molecule has 1 aliphatic heterocycles. The van der Waals surface area contributed by atoms with Crippen LogP contribution in [0.15, 0.2) is 67.0 Å². The van der Waals surface area contributed by atoms with E-state index in [0.717, 1.165) is 44.1 Å². The molecule has 0 aliphatic carbocycles. The average Bonchev–Trinajstić information content (AvgIpc) is 3.02. The summed E-state index contributed by atoms with van der Waals surface area (Å²) < 4.78 is 61.9. The van der Waals surface area contributed by atoms with Crippen molar-refractivity contribution in [1.82, 2.24) is 19.9 Å². The predicted molar refractivity (Wildman–Crippen MR) is 160 cm³/mol. The number of pyridine rings is 1. The number of ether oxygens (including phenoxy) is 1. The van der Waals surface area contributed by atoms with Gasteiger partial charge in [0.1, 0.15) is 11.6 Å². The number of alkyl halides is 3. The maximum atomic E-state index is 15.0. The average molecular weight is 610 g/mol. The Balaban J connectivity index is 1.43. The normalized spacial score (nSPS) is 14.2. The van der Waals surface area contributed by atoms with Crippen molar-refractivity contribution in [2.75, 3.05) is 49.8 Å². The molecule has 13 heteroatoms. The summed E-state index contributed by atoms with van der Waals surface area (Å²) in [6.07, 6.45) is 0.0389. The molecule has 3 heterocycles. The van der Waals surface area contributed by atoms with Crippen LogP contribution in [0.3, 0.4) is 0 Å². The Kier molecular flexibility index (Phi) is 8.95. The van der Waals surface area contributed by atoms with Gasteiger partial charge in [-0.2, -0.15) is 13.2 Å². The van der Waals surface area contributed by atoms with E-state index in [2.05, 4.69) is 30.5 Å². The van der Waals surface area contributed by atoms with Gasteiger partial charge in [0.2, 0.25) is 11.8 Å². The van der Waals surface area contributed by atoms with Crippen LogP contribution in [0.5, 0.6) is 11.6 Å². The molecule has 0 atom stereocenters. The Morgan fingerprint density at radius 2 is 1.82 bits per heavy atom. The summed E-state index contributed by atoms with van der Waals surface area (Å²) in [7, 11) is 5.47. The van der Waals surface area contributed by atoms with E-state index < -0.39 is 29.0 Å². The highest BCUT2D eigenvalue weighted by Crippen LogP contribution is 2.37. The molecule has 1 amide bonds. The van der Waals surface area contributed by atoms with Crippen LogP contribution in [0.1, 0.15) is 28.8 Å². The molecule has 230 valence electrons. The van der Waals surface area contributed by atoms with Crippen LogP contribution in [-0.4, -0.2) is 66.0 Å². The molecule has 1 fully saturated rings. The molecule has 4 aromatic rings. The maximum Gasteiger partial charge on any atom is 0.416 e. The van der Waals surface area contributed by atoms with Crippen LogP contribution in [0.25, 0.3) is 11.3 Å². The molecule has 9 nitrogen and oxygen atoms in total. The number of hydrogen-bond acceptors (Lipinski definition) is 8. The molecule has 1 aliphatic rings. The van der Waals surface area contributed by atoms with Crippen LogP contribution >= 0.6 is 0 Å². The van der Waals surface area contributed by atoms with E-state index in [0.29, 0.717) is 22.9 Å². The summed E-state index contributed by atoms with van der Waals surface area (Å²) in [6.45, 7) is 1.67. The molecule has 0 spiro atoms. The first kappa shape index (κ1) is 30.7. The van der Waals surface area contributed by atoms with E-state index in [1.54, 1.807) is 38.5 Å². The Bertz CT molecular complexity index is 1640. The number of carbonyl (C=O) groups excluding carboxylic acids is 1. The molecule has 1 saturated heterocycles. The van der Waals surface area contributed by atoms with Gasteiger partial charge in [-0.25, -0.2) is 19.3 Å². The number of anilines is 3. The van der Waals surface area contributed by atoms with Crippen molar-refractivity contribution in [2.45, 2.75) is 25.1 Å². The van der Waals surface area contributed by atoms with Crippen LogP contribution in [-0.2, 0) is 6.18 Å². The third-order valence-corrected chi connectivity index (χ3v) is 7.51. The smallest absolute Gasteiger partial charge is 0.416 e. The second kappa shape index (κ2) is 12.8. The number of amides is 1. The van der Waals surface area contributed by atoms with E-state index >= 15 is 0 Å². The van der Waals surface area contributed by atoms with Gasteiger partial charge in [0.25, 0.3) is 5.91 Å². The van der Waals surface area contributed by atoms with Gasteiger partial charge in [-0.1, -0.05) is 0 Å². The highest BCUT2D eigenvalue weighted by Gasteiger charge is 2.32. The first-order valence-electron chi connectivity index (χ1n) is 13.9. The number of aromatic nitrogens is 3. The molecule has 44 heavy (non-hydrogen) atoms. The SMILES string of the molecule is CNc1nccc(-c2cccnc2Oc2ccc(F)c(C(=O)Nc3cc(C(F)(F)F)ccc3N(C)C3CCN(C)CC3)c2)n1. The second-order valence-corrected chi connectivity index (χ2v) is 10.4. The summed E-state index contributed by atoms with van der Waals surface area (Å²) in [5.41, 5.74) is 0.0147. The Morgan fingerprint density at radius 1 is 1.05 bits per heavy atom. The number of hydrogen-bond donors (Lipinski definition) is 2. The Hall–Kier alpha value is -4.78. The van der Waals surface area contributed by atoms with Crippen LogP contribution < -0.4 is 20.3 Å². The van der Waals surface area contributed by atoms with Gasteiger partial charge in [0.05, 0.1) is 33.8 Å². The number of nitrogens with one attached hydrogen (secondary N) is 2. The van der Waals surface area contributed by atoms with Crippen molar-refractivity contribution in [3.63, 3.8) is 0 Å². The molecule has 0 saturated carbocycles. The molecular formula is C31H31F4N7O2. The summed E-state index contributed by atoms with van der Waals surface area (Å²) in [6, 6.07) is 11.9. The summed E-state index contributed by atoms with van der Waals surface area (Å²) in [5.74, 6) is -1.18. The maximum absolute atomic E-state index is 15.0. The van der Waals surface area contributed by atoms with Gasteiger partial charge in [-0.05, 0) is 87.6 Å². The second-order valence-electron chi connectivity index (χ2n) is 10.4. The lowest BCUT2D eigenvalue weighted by Gasteiger charge is -2.37. The quantitative estimate of drug-likeness (QED) is 0.225. The molecule has 0 bridgehead atoms. The first-order chi connectivity index (χ1) is 21.0. The minimum Gasteiger partial charge on any atom is -0.438 e. The van der Waals surface area contributed by atoms with E-state index in [-0.39, 0.29) is 23.4 Å². The van der Waals surface area contributed by atoms with Gasteiger partial charge < -0.3 is 25.2 Å². The van der Waals surface area contributed by atoms with Crippen LogP contribution in [0.2, 0.25) is 0 Å². The zero-order valence-corrected chi connectivity index (χ0v) is 24.3. The van der Waals surface area contributed by atoms with Crippen molar-refractivity contribution in [2.24, 2.45) is 0 Å². The molecular weight excluding hydrogens is 578 g/mol. The van der Waals surface area contributed by atoms with Gasteiger partial charge in [0.15, 0.2) is 0 Å². The number of piperidine rings is 1. The van der Waals surface area contributed by atoms with Crippen LogP contribution in [0, 0.1) is 5.82 Å². The fourth-order valence-electron chi connectivity index (χ4n) is 5.04. The molecule has 2 aromatic heterocycles. The lowest BCUT2D eigenvalue weighted by Crippen LogP contribution is -2.42. The van der Waals surface area contributed by atoms with Gasteiger partial charge in [-0.15, -0.1) is 0 Å². The summed E-state index contributed by atoms with van der Waals surface area (Å²) >= 11 is 0. The first-order valence-corrected chi connectivity index (χ1v) is 13.9. The zero-order valence-electron chi connectivity index (χ0n) is 24.3. The highest BCUT2D eigenvalue weighted by atomic mass is 19.4. The number of rotatable bonds is 8. The molecule has 0 unspecified atom stereocenters. The lowest BCUT2D eigenvalue weighted by atomic mass is 10.0. The number of carbonyl (C=O) groups is 1. The highest BCUT2D eigenvalue weighted by molar-refractivity contribution is 6.06. The topological polar surface area (TPSA) is 95.5 Å². The fourth-order valence-corrected chi connectivity index (χ4v) is 5.04. The number of halogens is 4. The molecule has 2 aromatic carbocycles.